The summed E-state index contributed by atoms with van der Waals surface area (Å²) in [6.07, 6.45) is 4.23. The van der Waals surface area contributed by atoms with Gasteiger partial charge in [0.25, 0.3) is 0 Å². The molecule has 0 aliphatic rings. The van der Waals surface area contributed by atoms with Gasteiger partial charge < -0.3 is 5.11 Å². The van der Waals surface area contributed by atoms with Gasteiger partial charge in [-0.25, -0.2) is 4.79 Å². The first-order chi connectivity index (χ1) is 8.18. The topological polar surface area (TPSA) is 50.2 Å². The van der Waals surface area contributed by atoms with E-state index in [-0.39, 0.29) is 0 Å². The molecular weight excluding hydrogens is 214 g/mol. The van der Waals surface area contributed by atoms with Crippen molar-refractivity contribution in [3.05, 3.63) is 65.0 Å². The van der Waals surface area contributed by atoms with Crippen LogP contribution in [0.2, 0.25) is 0 Å². The van der Waals surface area contributed by atoms with Gasteiger partial charge in [0.15, 0.2) is 0 Å². The Morgan fingerprint density at radius 2 is 2.12 bits per heavy atom. The van der Waals surface area contributed by atoms with Crippen molar-refractivity contribution in [2.75, 3.05) is 0 Å². The predicted octanol–water partition coefficient (Wildman–Crippen LogP) is 2.68. The number of nitrogens with zero attached hydrogens (tertiary/aromatic N) is 1. The largest absolute Gasteiger partial charge is 0.478 e. The Hall–Kier alpha value is -2.16. The molecule has 3 nitrogen and oxygen atoms in total. The fourth-order valence-electron chi connectivity index (χ4n) is 1.83. The zero-order valence-corrected chi connectivity index (χ0v) is 9.55. The molecule has 0 unspecified atom stereocenters. The van der Waals surface area contributed by atoms with Crippen LogP contribution in [0.5, 0.6) is 0 Å². The van der Waals surface area contributed by atoms with Gasteiger partial charge in [-0.2, -0.15) is 0 Å². The van der Waals surface area contributed by atoms with E-state index in [1.54, 1.807) is 24.5 Å². The van der Waals surface area contributed by atoms with Gasteiger partial charge in [-0.1, -0.05) is 18.2 Å². The minimum absolute atomic E-state index is 0.367. The van der Waals surface area contributed by atoms with E-state index in [0.29, 0.717) is 12.0 Å². The number of benzene rings is 1. The second-order valence-corrected chi connectivity index (χ2v) is 3.93. The lowest BCUT2D eigenvalue weighted by Crippen LogP contribution is -2.03. The maximum atomic E-state index is 11.0. The highest BCUT2D eigenvalue weighted by atomic mass is 16.4. The summed E-state index contributed by atoms with van der Waals surface area (Å²) in [5.74, 6) is -0.879. The van der Waals surface area contributed by atoms with Gasteiger partial charge in [-0.15, -0.1) is 0 Å². The van der Waals surface area contributed by atoms with Gasteiger partial charge in [-0.05, 0) is 42.2 Å². The van der Waals surface area contributed by atoms with Crippen LogP contribution >= 0.6 is 0 Å². The fraction of sp³-hybridized carbons (Fsp3) is 0.143. The van der Waals surface area contributed by atoms with E-state index in [1.165, 1.54) is 0 Å². The van der Waals surface area contributed by atoms with Crippen molar-refractivity contribution < 1.29 is 9.90 Å². The standard InChI is InChI=1S/C14H13NO2/c1-10-12(5-2-6-13(10)14(16)17)8-11-4-3-7-15-9-11/h2-7,9H,8H2,1H3,(H,16,17). The molecule has 1 aromatic heterocycles. The summed E-state index contributed by atoms with van der Waals surface area (Å²) >= 11 is 0. The predicted molar refractivity (Wildman–Crippen MR) is 65.2 cm³/mol. The van der Waals surface area contributed by atoms with Crippen LogP contribution in [0, 0.1) is 6.92 Å². The van der Waals surface area contributed by atoms with Crippen molar-refractivity contribution in [2.24, 2.45) is 0 Å². The van der Waals surface area contributed by atoms with Crippen LogP contribution in [0.4, 0.5) is 0 Å². The third-order valence-corrected chi connectivity index (χ3v) is 2.79. The quantitative estimate of drug-likeness (QED) is 0.877. The van der Waals surface area contributed by atoms with Crippen molar-refractivity contribution in [1.29, 1.82) is 0 Å². The molecule has 0 spiro atoms. The molecule has 86 valence electrons. The number of hydrogen-bond acceptors (Lipinski definition) is 2. The lowest BCUT2D eigenvalue weighted by molar-refractivity contribution is 0.0696. The Morgan fingerprint density at radius 3 is 2.76 bits per heavy atom. The Morgan fingerprint density at radius 1 is 1.29 bits per heavy atom. The number of carboxylic acids is 1. The normalized spacial score (nSPS) is 10.2. The van der Waals surface area contributed by atoms with Crippen molar-refractivity contribution >= 4 is 5.97 Å². The number of carbonyl (C=O) groups is 1. The van der Waals surface area contributed by atoms with Gasteiger partial charge in [0.2, 0.25) is 0 Å². The molecule has 1 aromatic carbocycles. The third-order valence-electron chi connectivity index (χ3n) is 2.79. The van der Waals surface area contributed by atoms with E-state index in [4.69, 9.17) is 5.11 Å². The van der Waals surface area contributed by atoms with Crippen molar-refractivity contribution in [1.82, 2.24) is 4.98 Å². The molecule has 0 radical (unpaired) electrons. The van der Waals surface area contributed by atoms with E-state index in [9.17, 15) is 4.79 Å². The van der Waals surface area contributed by atoms with E-state index in [1.807, 2.05) is 25.1 Å². The highest BCUT2D eigenvalue weighted by Crippen LogP contribution is 2.17. The molecule has 2 aromatic rings. The molecule has 1 heterocycles. The van der Waals surface area contributed by atoms with E-state index < -0.39 is 5.97 Å². The van der Waals surface area contributed by atoms with Gasteiger partial charge >= 0.3 is 5.97 Å². The minimum atomic E-state index is -0.879. The van der Waals surface area contributed by atoms with Crippen LogP contribution in [0.15, 0.2) is 42.7 Å². The van der Waals surface area contributed by atoms with Gasteiger partial charge in [0, 0.05) is 12.4 Å². The van der Waals surface area contributed by atoms with E-state index in [0.717, 1.165) is 16.7 Å². The maximum absolute atomic E-state index is 11.0. The average Bonchev–Trinajstić information content (AvgIpc) is 2.33. The molecular formula is C14H13NO2. The molecule has 3 heteroatoms. The molecule has 0 aliphatic carbocycles. The molecule has 0 saturated heterocycles. The first kappa shape index (κ1) is 11.3. The zero-order chi connectivity index (χ0) is 12.3. The summed E-state index contributed by atoms with van der Waals surface area (Å²) < 4.78 is 0. The number of hydrogen-bond donors (Lipinski definition) is 1. The molecule has 17 heavy (non-hydrogen) atoms. The number of pyridine rings is 1. The van der Waals surface area contributed by atoms with E-state index >= 15 is 0 Å². The highest BCUT2D eigenvalue weighted by Gasteiger charge is 2.09. The number of aromatic nitrogens is 1. The smallest absolute Gasteiger partial charge is 0.335 e. The first-order valence-corrected chi connectivity index (χ1v) is 5.39. The second-order valence-electron chi connectivity index (χ2n) is 3.93. The number of rotatable bonds is 3. The maximum Gasteiger partial charge on any atom is 0.335 e. The Balaban J connectivity index is 2.34. The fourth-order valence-corrected chi connectivity index (χ4v) is 1.83. The zero-order valence-electron chi connectivity index (χ0n) is 9.55. The first-order valence-electron chi connectivity index (χ1n) is 5.39. The van der Waals surface area contributed by atoms with Crippen LogP contribution in [-0.2, 0) is 6.42 Å². The molecule has 0 fully saturated rings. The van der Waals surface area contributed by atoms with Crippen LogP contribution < -0.4 is 0 Å². The summed E-state index contributed by atoms with van der Waals surface area (Å²) in [6, 6.07) is 9.23. The molecule has 0 aliphatic heterocycles. The van der Waals surface area contributed by atoms with Crippen molar-refractivity contribution in [2.45, 2.75) is 13.3 Å². The monoisotopic (exact) mass is 227 g/mol. The van der Waals surface area contributed by atoms with Gasteiger partial charge in [0.1, 0.15) is 0 Å². The van der Waals surface area contributed by atoms with E-state index in [2.05, 4.69) is 4.98 Å². The second kappa shape index (κ2) is 4.78. The van der Waals surface area contributed by atoms with Crippen LogP contribution in [0.1, 0.15) is 27.0 Å². The number of aromatic carboxylic acids is 1. The summed E-state index contributed by atoms with van der Waals surface area (Å²) in [6.45, 7) is 1.84. The van der Waals surface area contributed by atoms with Crippen molar-refractivity contribution in [3.63, 3.8) is 0 Å². The number of carboxylic acid groups (broad SMARTS) is 1. The van der Waals surface area contributed by atoms with Gasteiger partial charge in [0.05, 0.1) is 5.56 Å². The van der Waals surface area contributed by atoms with Crippen molar-refractivity contribution in [3.8, 4) is 0 Å². The Kier molecular flexibility index (Phi) is 3.19. The van der Waals surface area contributed by atoms with Gasteiger partial charge in [-0.3, -0.25) is 4.98 Å². The van der Waals surface area contributed by atoms with Crippen LogP contribution in [0.25, 0.3) is 0 Å². The molecule has 0 saturated carbocycles. The molecule has 0 atom stereocenters. The lowest BCUT2D eigenvalue weighted by atomic mass is 9.97. The SMILES string of the molecule is Cc1c(Cc2cccnc2)cccc1C(=O)O. The lowest BCUT2D eigenvalue weighted by Gasteiger charge is -2.08. The average molecular weight is 227 g/mol. The Labute approximate surface area is 99.8 Å². The minimum Gasteiger partial charge on any atom is -0.478 e. The summed E-state index contributed by atoms with van der Waals surface area (Å²) in [4.78, 5) is 15.1. The molecule has 2 rings (SSSR count). The third kappa shape index (κ3) is 2.50. The summed E-state index contributed by atoms with van der Waals surface area (Å²) in [7, 11) is 0. The Bertz CT molecular complexity index is 535. The highest BCUT2D eigenvalue weighted by molar-refractivity contribution is 5.89. The molecule has 0 amide bonds. The molecule has 0 bridgehead atoms. The molecule has 1 N–H and O–H groups in total. The summed E-state index contributed by atoms with van der Waals surface area (Å²) in [5.41, 5.74) is 3.30. The van der Waals surface area contributed by atoms with Crippen LogP contribution in [0.3, 0.4) is 0 Å². The summed E-state index contributed by atoms with van der Waals surface area (Å²) in [5, 5.41) is 9.04. The van der Waals surface area contributed by atoms with Crippen LogP contribution in [-0.4, -0.2) is 16.1 Å².